The summed E-state index contributed by atoms with van der Waals surface area (Å²) in [5.74, 6) is 0.588. The van der Waals surface area contributed by atoms with Crippen LogP contribution in [0.1, 0.15) is 18.4 Å². The molecule has 0 spiro atoms. The Kier molecular flexibility index (Phi) is 6.55. The van der Waals surface area contributed by atoms with Crippen molar-refractivity contribution in [1.82, 2.24) is 24.6 Å². The van der Waals surface area contributed by atoms with Crippen LogP contribution in [0.2, 0.25) is 0 Å². The zero-order chi connectivity index (χ0) is 17.5. The number of rotatable bonds is 8. The fourth-order valence-electron chi connectivity index (χ4n) is 3.73. The maximum Gasteiger partial charge on any atom is 0.137 e. The summed E-state index contributed by atoms with van der Waals surface area (Å²) in [5.41, 5.74) is 1.28. The number of nitrogens with zero attached hydrogens (tertiary/aromatic N) is 5. The van der Waals surface area contributed by atoms with E-state index in [-0.39, 0.29) is 6.10 Å². The average Bonchev–Trinajstić information content (AvgIpc) is 3.08. The van der Waals surface area contributed by atoms with Crippen LogP contribution < -0.4 is 0 Å². The lowest BCUT2D eigenvalue weighted by Gasteiger charge is -2.34. The molecule has 3 rings (SSSR count). The van der Waals surface area contributed by atoms with Crippen molar-refractivity contribution in [2.45, 2.75) is 32.0 Å². The molecule has 6 nitrogen and oxygen atoms in total. The van der Waals surface area contributed by atoms with Crippen LogP contribution in [0, 0.1) is 5.92 Å². The van der Waals surface area contributed by atoms with Gasteiger partial charge in [0, 0.05) is 32.7 Å². The molecule has 1 saturated heterocycles. The number of aliphatic hydroxyl groups excluding tert-OH is 1. The van der Waals surface area contributed by atoms with E-state index in [1.807, 2.05) is 10.7 Å². The molecule has 0 aliphatic carbocycles. The highest BCUT2D eigenvalue weighted by Crippen LogP contribution is 2.18. The van der Waals surface area contributed by atoms with E-state index in [0.29, 0.717) is 12.5 Å². The third kappa shape index (κ3) is 5.92. The smallest absolute Gasteiger partial charge is 0.137 e. The molecular weight excluding hydrogens is 314 g/mol. The van der Waals surface area contributed by atoms with E-state index in [2.05, 4.69) is 51.2 Å². The molecule has 1 aliphatic heterocycles. The van der Waals surface area contributed by atoms with Crippen LogP contribution in [-0.2, 0) is 13.1 Å². The minimum absolute atomic E-state index is 0.321. The van der Waals surface area contributed by atoms with Crippen molar-refractivity contribution in [2.75, 3.05) is 33.2 Å². The Morgan fingerprint density at radius 3 is 2.92 bits per heavy atom. The molecule has 0 amide bonds. The standard InChI is InChI=1S/C19H29N5O/c1-22(10-17-6-3-2-4-7-17)13-19(25)14-23-9-5-8-18(11-23)12-24-16-20-15-21-24/h2-4,6-7,15-16,18-19,25H,5,8-14H2,1H3. The number of aliphatic hydroxyl groups is 1. The molecule has 136 valence electrons. The van der Waals surface area contributed by atoms with Crippen LogP contribution in [0.3, 0.4) is 0 Å². The molecule has 1 aliphatic rings. The van der Waals surface area contributed by atoms with Crippen molar-refractivity contribution in [3.63, 3.8) is 0 Å². The van der Waals surface area contributed by atoms with Crippen molar-refractivity contribution in [1.29, 1.82) is 0 Å². The summed E-state index contributed by atoms with van der Waals surface area (Å²) in [7, 11) is 2.07. The van der Waals surface area contributed by atoms with Crippen molar-refractivity contribution < 1.29 is 5.11 Å². The first-order chi connectivity index (χ1) is 12.2. The maximum absolute atomic E-state index is 10.5. The predicted molar refractivity (Wildman–Crippen MR) is 98.0 cm³/mol. The van der Waals surface area contributed by atoms with Crippen LogP contribution in [0.25, 0.3) is 0 Å². The molecule has 1 fully saturated rings. The number of aromatic nitrogens is 3. The zero-order valence-corrected chi connectivity index (χ0v) is 15.0. The van der Waals surface area contributed by atoms with Crippen molar-refractivity contribution in [3.8, 4) is 0 Å². The van der Waals surface area contributed by atoms with E-state index in [4.69, 9.17) is 0 Å². The van der Waals surface area contributed by atoms with Gasteiger partial charge in [-0.05, 0) is 37.9 Å². The largest absolute Gasteiger partial charge is 0.390 e. The summed E-state index contributed by atoms with van der Waals surface area (Å²) in [5, 5.41) is 14.7. The lowest BCUT2D eigenvalue weighted by atomic mass is 9.98. The van der Waals surface area contributed by atoms with Crippen LogP contribution in [0.15, 0.2) is 43.0 Å². The average molecular weight is 343 g/mol. The molecule has 0 radical (unpaired) electrons. The van der Waals surface area contributed by atoms with Gasteiger partial charge in [-0.2, -0.15) is 5.10 Å². The molecule has 1 aromatic carbocycles. The lowest BCUT2D eigenvalue weighted by molar-refractivity contribution is 0.0585. The summed E-state index contributed by atoms with van der Waals surface area (Å²) in [6, 6.07) is 10.4. The van der Waals surface area contributed by atoms with E-state index in [1.165, 1.54) is 18.4 Å². The predicted octanol–water partition coefficient (Wildman–Crippen LogP) is 1.48. The lowest BCUT2D eigenvalue weighted by Crippen LogP contribution is -2.44. The molecule has 1 N–H and O–H groups in total. The zero-order valence-electron chi connectivity index (χ0n) is 15.0. The van der Waals surface area contributed by atoms with Crippen molar-refractivity contribution >= 4 is 0 Å². The second-order valence-electron chi connectivity index (χ2n) is 7.22. The van der Waals surface area contributed by atoms with E-state index < -0.39 is 0 Å². The fourth-order valence-corrected chi connectivity index (χ4v) is 3.73. The van der Waals surface area contributed by atoms with Gasteiger partial charge < -0.3 is 10.0 Å². The number of piperidine rings is 1. The normalized spacial score (nSPS) is 20.0. The first kappa shape index (κ1) is 18.0. The first-order valence-electron chi connectivity index (χ1n) is 9.14. The summed E-state index contributed by atoms with van der Waals surface area (Å²) >= 11 is 0. The Labute approximate surface area is 150 Å². The van der Waals surface area contributed by atoms with E-state index >= 15 is 0 Å². The van der Waals surface area contributed by atoms with Crippen LogP contribution >= 0.6 is 0 Å². The SMILES string of the molecule is CN(Cc1ccccc1)CC(O)CN1CCCC(Cn2cncn2)C1. The second kappa shape index (κ2) is 9.08. The molecular formula is C19H29N5O. The highest BCUT2D eigenvalue weighted by molar-refractivity contribution is 5.14. The fraction of sp³-hybridized carbons (Fsp3) is 0.579. The van der Waals surface area contributed by atoms with E-state index in [9.17, 15) is 5.11 Å². The minimum atomic E-state index is -0.321. The highest BCUT2D eigenvalue weighted by Gasteiger charge is 2.22. The van der Waals surface area contributed by atoms with Gasteiger partial charge in [0.2, 0.25) is 0 Å². The Bertz CT molecular complexity index is 604. The molecule has 2 unspecified atom stereocenters. The second-order valence-corrected chi connectivity index (χ2v) is 7.22. The van der Waals surface area contributed by atoms with E-state index in [1.54, 1.807) is 12.7 Å². The molecule has 2 heterocycles. The third-order valence-corrected chi connectivity index (χ3v) is 4.80. The van der Waals surface area contributed by atoms with Crippen LogP contribution in [0.4, 0.5) is 0 Å². The monoisotopic (exact) mass is 343 g/mol. The van der Waals surface area contributed by atoms with Gasteiger partial charge in [-0.1, -0.05) is 30.3 Å². The minimum Gasteiger partial charge on any atom is -0.390 e. The number of likely N-dealkylation sites (N-methyl/N-ethyl adjacent to an activating group) is 1. The number of hydrogen-bond acceptors (Lipinski definition) is 5. The summed E-state index contributed by atoms with van der Waals surface area (Å²) in [4.78, 5) is 8.60. The molecule has 0 saturated carbocycles. The summed E-state index contributed by atoms with van der Waals surface area (Å²) < 4.78 is 1.91. The van der Waals surface area contributed by atoms with Gasteiger partial charge in [-0.15, -0.1) is 0 Å². The Balaban J connectivity index is 1.41. The van der Waals surface area contributed by atoms with Gasteiger partial charge in [-0.3, -0.25) is 9.58 Å². The molecule has 1 aromatic heterocycles. The van der Waals surface area contributed by atoms with Gasteiger partial charge in [0.1, 0.15) is 12.7 Å². The Hall–Kier alpha value is -1.76. The number of benzene rings is 1. The molecule has 2 atom stereocenters. The van der Waals surface area contributed by atoms with Crippen LogP contribution in [-0.4, -0.2) is 69.0 Å². The van der Waals surface area contributed by atoms with Gasteiger partial charge in [0.25, 0.3) is 0 Å². The number of hydrogen-bond donors (Lipinski definition) is 1. The molecule has 0 bridgehead atoms. The molecule has 25 heavy (non-hydrogen) atoms. The number of likely N-dealkylation sites (tertiary alicyclic amines) is 1. The molecule has 2 aromatic rings. The van der Waals surface area contributed by atoms with E-state index in [0.717, 1.165) is 32.7 Å². The molecule has 6 heteroatoms. The summed E-state index contributed by atoms with van der Waals surface area (Å²) in [6.45, 7) is 5.33. The Morgan fingerprint density at radius 1 is 1.32 bits per heavy atom. The third-order valence-electron chi connectivity index (χ3n) is 4.80. The highest BCUT2D eigenvalue weighted by atomic mass is 16.3. The van der Waals surface area contributed by atoms with Gasteiger partial charge in [-0.25, -0.2) is 4.98 Å². The van der Waals surface area contributed by atoms with Crippen LogP contribution in [0.5, 0.6) is 0 Å². The first-order valence-corrected chi connectivity index (χ1v) is 9.14. The quantitative estimate of drug-likeness (QED) is 0.787. The maximum atomic E-state index is 10.5. The van der Waals surface area contributed by atoms with Gasteiger partial charge >= 0.3 is 0 Å². The van der Waals surface area contributed by atoms with Gasteiger partial charge in [0.05, 0.1) is 6.10 Å². The van der Waals surface area contributed by atoms with Crippen molar-refractivity contribution in [3.05, 3.63) is 48.5 Å². The van der Waals surface area contributed by atoms with Crippen molar-refractivity contribution in [2.24, 2.45) is 5.92 Å². The topological polar surface area (TPSA) is 57.4 Å². The van der Waals surface area contributed by atoms with Gasteiger partial charge in [0.15, 0.2) is 0 Å². The number of β-amino-alcohol motifs (C(OH)–C–C–N with tert-alkyl or cyclic N) is 1. The Morgan fingerprint density at radius 2 is 2.16 bits per heavy atom. The summed E-state index contributed by atoms with van der Waals surface area (Å²) in [6.07, 6.45) is 5.46.